The van der Waals surface area contributed by atoms with E-state index in [1.807, 2.05) is 62.4 Å². The summed E-state index contributed by atoms with van der Waals surface area (Å²) < 4.78 is 0.869. The predicted molar refractivity (Wildman–Crippen MR) is 88.8 cm³/mol. The van der Waals surface area contributed by atoms with E-state index in [0.29, 0.717) is 6.42 Å². The van der Waals surface area contributed by atoms with Gasteiger partial charge in [0.2, 0.25) is 0 Å². The third kappa shape index (κ3) is 5.13. The van der Waals surface area contributed by atoms with Crippen molar-refractivity contribution in [3.63, 3.8) is 0 Å². The molecule has 1 N–H and O–H groups in total. The van der Waals surface area contributed by atoms with Gasteiger partial charge in [-0.2, -0.15) is 0 Å². The van der Waals surface area contributed by atoms with Crippen LogP contribution < -0.4 is 0 Å². The molecule has 1 atom stereocenters. The first-order chi connectivity index (χ1) is 9.96. The number of hydrogen-bond acceptors (Lipinski definition) is 2. The zero-order chi connectivity index (χ0) is 15.3. The van der Waals surface area contributed by atoms with E-state index >= 15 is 0 Å². The van der Waals surface area contributed by atoms with Crippen LogP contribution >= 0.6 is 0 Å². The van der Waals surface area contributed by atoms with Gasteiger partial charge in [-0.1, -0.05) is 0 Å². The molecule has 2 aromatic rings. The molecular weight excluding hydrogens is 325 g/mol. The number of nitrogens with zero attached hydrogens (tertiary/aromatic N) is 1. The van der Waals surface area contributed by atoms with Gasteiger partial charge in [0.05, 0.1) is 0 Å². The molecule has 2 aromatic carbocycles. The maximum absolute atomic E-state index is 10.2. The molecule has 0 amide bonds. The van der Waals surface area contributed by atoms with Crippen LogP contribution in [0.4, 0.5) is 0 Å². The molecule has 3 heteroatoms. The Morgan fingerprint density at radius 3 is 2.10 bits per heavy atom. The average Bonchev–Trinajstić information content (AvgIpc) is 2.47. The summed E-state index contributed by atoms with van der Waals surface area (Å²) in [6.07, 6.45) is 0.578. The van der Waals surface area contributed by atoms with Crippen molar-refractivity contribution in [3.8, 4) is 0 Å². The molecule has 21 heavy (non-hydrogen) atoms. The maximum atomic E-state index is 10.2. The van der Waals surface area contributed by atoms with Gasteiger partial charge in [0.1, 0.15) is 0 Å². The number of benzene rings is 2. The molecule has 2 nitrogen and oxygen atoms in total. The SMILES string of the molecule is CC(C)(O)CC(N=C([Se])c1ccccc1)c1ccccc1. The van der Waals surface area contributed by atoms with Crippen LogP contribution in [0.2, 0.25) is 0 Å². The van der Waals surface area contributed by atoms with E-state index in [9.17, 15) is 5.11 Å². The summed E-state index contributed by atoms with van der Waals surface area (Å²) >= 11 is 3.05. The molecule has 0 aliphatic rings. The van der Waals surface area contributed by atoms with Gasteiger partial charge >= 0.3 is 134 Å². The number of rotatable bonds is 5. The van der Waals surface area contributed by atoms with Crippen LogP contribution in [0.5, 0.6) is 0 Å². The summed E-state index contributed by atoms with van der Waals surface area (Å²) in [5.74, 6) is 0. The van der Waals surface area contributed by atoms with Gasteiger partial charge in [-0.15, -0.1) is 0 Å². The second kappa shape index (κ2) is 7.04. The van der Waals surface area contributed by atoms with E-state index in [4.69, 9.17) is 4.99 Å². The van der Waals surface area contributed by atoms with Crippen molar-refractivity contribution in [2.45, 2.75) is 31.9 Å². The van der Waals surface area contributed by atoms with E-state index in [-0.39, 0.29) is 6.04 Å². The Morgan fingerprint density at radius 2 is 1.57 bits per heavy atom. The van der Waals surface area contributed by atoms with Crippen molar-refractivity contribution >= 4 is 20.6 Å². The van der Waals surface area contributed by atoms with Crippen molar-refractivity contribution in [1.82, 2.24) is 0 Å². The third-order valence-corrected chi connectivity index (χ3v) is 3.89. The standard InChI is InChI=1S/C18H20NOSe/c1-18(2,20)13-16(14-9-5-3-6-10-14)19-17(21)15-11-7-4-8-12-15/h3-12,16,20H,13H2,1-2H3. The topological polar surface area (TPSA) is 32.6 Å². The van der Waals surface area contributed by atoms with E-state index in [0.717, 1.165) is 15.7 Å². The molecule has 0 aliphatic heterocycles. The fourth-order valence-electron chi connectivity index (χ4n) is 2.18. The number of hydrogen-bond donors (Lipinski definition) is 1. The zero-order valence-corrected chi connectivity index (χ0v) is 14.1. The van der Waals surface area contributed by atoms with Gasteiger partial charge < -0.3 is 0 Å². The van der Waals surface area contributed by atoms with E-state index in [1.165, 1.54) is 0 Å². The Labute approximate surface area is 134 Å². The molecule has 109 valence electrons. The van der Waals surface area contributed by atoms with Gasteiger partial charge in [0.25, 0.3) is 0 Å². The summed E-state index contributed by atoms with van der Waals surface area (Å²) in [4.78, 5) is 4.80. The minimum atomic E-state index is -0.763. The molecule has 0 spiro atoms. The van der Waals surface area contributed by atoms with Crippen molar-refractivity contribution in [2.75, 3.05) is 0 Å². The molecule has 2 rings (SSSR count). The van der Waals surface area contributed by atoms with Crippen LogP contribution in [-0.2, 0) is 0 Å². The van der Waals surface area contributed by atoms with Crippen LogP contribution in [0.15, 0.2) is 65.7 Å². The molecule has 1 unspecified atom stereocenters. The number of aliphatic hydroxyl groups is 1. The molecule has 0 aliphatic carbocycles. The van der Waals surface area contributed by atoms with Crippen LogP contribution in [0.1, 0.15) is 37.4 Å². The molecular formula is C18H20NOSe. The molecule has 0 saturated heterocycles. The molecule has 1 radical (unpaired) electrons. The second-order valence-corrected chi connectivity index (χ2v) is 6.55. The van der Waals surface area contributed by atoms with Gasteiger partial charge in [-0.05, 0) is 0 Å². The fourth-order valence-corrected chi connectivity index (χ4v) is 2.74. The summed E-state index contributed by atoms with van der Waals surface area (Å²) in [5, 5.41) is 10.2. The summed E-state index contributed by atoms with van der Waals surface area (Å²) in [7, 11) is 0. The molecule has 0 bridgehead atoms. The van der Waals surface area contributed by atoms with Crippen LogP contribution in [0, 0.1) is 0 Å². The van der Waals surface area contributed by atoms with Gasteiger partial charge in [0.15, 0.2) is 0 Å². The van der Waals surface area contributed by atoms with E-state index < -0.39 is 5.60 Å². The first-order valence-corrected chi connectivity index (χ1v) is 7.89. The van der Waals surface area contributed by atoms with Gasteiger partial charge in [-0.25, -0.2) is 0 Å². The van der Waals surface area contributed by atoms with E-state index in [1.54, 1.807) is 0 Å². The van der Waals surface area contributed by atoms with Gasteiger partial charge in [-0.3, -0.25) is 0 Å². The average molecular weight is 345 g/mol. The second-order valence-electron chi connectivity index (χ2n) is 5.74. The van der Waals surface area contributed by atoms with E-state index in [2.05, 4.69) is 28.1 Å². The predicted octanol–water partition coefficient (Wildman–Crippen LogP) is 3.50. The first kappa shape index (κ1) is 16.0. The quantitative estimate of drug-likeness (QED) is 0.653. The monoisotopic (exact) mass is 346 g/mol. The molecule has 0 aromatic heterocycles. The third-order valence-electron chi connectivity index (χ3n) is 3.17. The Morgan fingerprint density at radius 1 is 1.05 bits per heavy atom. The Hall–Kier alpha value is -1.41. The van der Waals surface area contributed by atoms with Crippen molar-refractivity contribution in [2.24, 2.45) is 4.99 Å². The van der Waals surface area contributed by atoms with Crippen LogP contribution in [0.25, 0.3) is 0 Å². The first-order valence-electron chi connectivity index (χ1n) is 7.03. The Kier molecular flexibility index (Phi) is 5.35. The number of aliphatic imine (C=N–C) groups is 1. The summed E-state index contributed by atoms with van der Waals surface area (Å²) in [6.45, 7) is 3.64. The molecule has 0 fully saturated rings. The molecule has 0 saturated carbocycles. The zero-order valence-electron chi connectivity index (χ0n) is 12.4. The normalized spacial score (nSPS) is 14.0. The minimum absolute atomic E-state index is 0.0670. The molecule has 0 heterocycles. The van der Waals surface area contributed by atoms with Crippen LogP contribution in [-0.4, -0.2) is 31.3 Å². The van der Waals surface area contributed by atoms with Crippen LogP contribution in [0.3, 0.4) is 0 Å². The summed E-state index contributed by atoms with van der Waals surface area (Å²) in [5.41, 5.74) is 1.42. The summed E-state index contributed by atoms with van der Waals surface area (Å²) in [6, 6.07) is 20.1. The Bertz CT molecular complexity index is 588. The van der Waals surface area contributed by atoms with Crippen molar-refractivity contribution in [3.05, 3.63) is 71.8 Å². The Balaban J connectivity index is 2.32. The van der Waals surface area contributed by atoms with Gasteiger partial charge in [0, 0.05) is 0 Å². The van der Waals surface area contributed by atoms with Crippen molar-refractivity contribution < 1.29 is 5.11 Å². The van der Waals surface area contributed by atoms with Crippen molar-refractivity contribution in [1.29, 1.82) is 0 Å². The fraction of sp³-hybridized carbons (Fsp3) is 0.278.